The van der Waals surface area contributed by atoms with Crippen molar-refractivity contribution in [2.24, 2.45) is 0 Å². The summed E-state index contributed by atoms with van der Waals surface area (Å²) in [6.45, 7) is 2.27. The quantitative estimate of drug-likeness (QED) is 0.508. The minimum absolute atomic E-state index is 0. The Labute approximate surface area is 85.4 Å². The van der Waals surface area contributed by atoms with Crippen molar-refractivity contribution in [3.63, 3.8) is 0 Å². The fourth-order valence-corrected chi connectivity index (χ4v) is 0. The third kappa shape index (κ3) is 18.4. The Morgan fingerprint density at radius 2 is 1.08 bits per heavy atom. The normalized spacial score (nSPS) is 12.6. The minimum Gasteiger partial charge on any atom is -0.547 e. The van der Waals surface area contributed by atoms with Gasteiger partial charge in [0, 0.05) is 0 Å². The fourth-order valence-electron chi connectivity index (χ4n) is 0. The number of hydrogen-bond acceptors (Lipinski definition) is 6. The summed E-state index contributed by atoms with van der Waals surface area (Å²) in [5, 5.41) is 34.6. The predicted molar refractivity (Wildman–Crippen MR) is 33.4 cm³/mol. The van der Waals surface area contributed by atoms with Crippen LogP contribution in [0.25, 0.3) is 0 Å². The van der Waals surface area contributed by atoms with Gasteiger partial charge in [-0.05, 0) is 13.8 Å². The van der Waals surface area contributed by atoms with Crippen LogP contribution in [0.5, 0.6) is 0 Å². The van der Waals surface area contributed by atoms with E-state index < -0.39 is 24.1 Å². The van der Waals surface area contributed by atoms with Crippen LogP contribution in [0.15, 0.2) is 0 Å². The second kappa shape index (κ2) is 9.45. The SMILES string of the molecule is C[C@@H](O)C(=O)[O-].C[C@@H](O)C(=O)[O-].[Co+2]. The molecule has 2 N–H and O–H groups in total. The monoisotopic (exact) mass is 237 g/mol. The number of carboxylic acids is 2. The van der Waals surface area contributed by atoms with Crippen LogP contribution >= 0.6 is 0 Å². The molecule has 0 unspecified atom stereocenters. The van der Waals surface area contributed by atoms with Crippen LogP contribution in [0.3, 0.4) is 0 Å². The van der Waals surface area contributed by atoms with E-state index in [0.717, 1.165) is 13.8 Å². The Kier molecular flexibility index (Phi) is 13.2. The Morgan fingerprint density at radius 3 is 1.08 bits per heavy atom. The molecule has 0 aromatic carbocycles. The summed E-state index contributed by atoms with van der Waals surface area (Å²) in [4.78, 5) is 18.7. The van der Waals surface area contributed by atoms with Crippen molar-refractivity contribution in [3.8, 4) is 0 Å². The molecule has 0 aromatic rings. The van der Waals surface area contributed by atoms with Crippen LogP contribution in [0.4, 0.5) is 0 Å². The van der Waals surface area contributed by atoms with E-state index in [2.05, 4.69) is 0 Å². The average molecular weight is 237 g/mol. The first-order valence-corrected chi connectivity index (χ1v) is 3.06. The van der Waals surface area contributed by atoms with Crippen LogP contribution in [-0.4, -0.2) is 34.4 Å². The van der Waals surface area contributed by atoms with Gasteiger partial charge in [-0.25, -0.2) is 0 Å². The smallest absolute Gasteiger partial charge is 0.547 e. The molecule has 0 aromatic heterocycles. The molecule has 0 spiro atoms. The Hall–Kier alpha value is -0.634. The maximum absolute atomic E-state index is 9.34. The molecule has 0 aliphatic carbocycles. The van der Waals surface area contributed by atoms with Crippen LogP contribution in [-0.2, 0) is 26.4 Å². The molecule has 13 heavy (non-hydrogen) atoms. The number of aliphatic carboxylic acids is 2. The molecule has 0 aliphatic rings. The van der Waals surface area contributed by atoms with E-state index in [1.165, 1.54) is 0 Å². The first-order chi connectivity index (χ1) is 5.29. The van der Waals surface area contributed by atoms with E-state index in [9.17, 15) is 19.8 Å². The Bertz CT molecular complexity index is 137. The molecule has 0 saturated carbocycles. The minimum atomic E-state index is -1.44. The van der Waals surface area contributed by atoms with Crippen LogP contribution in [0, 0.1) is 0 Å². The summed E-state index contributed by atoms with van der Waals surface area (Å²) in [6.07, 6.45) is -2.69. The summed E-state index contributed by atoms with van der Waals surface area (Å²) in [5.74, 6) is -2.87. The molecule has 7 heteroatoms. The van der Waals surface area contributed by atoms with Crippen LogP contribution in [0.2, 0.25) is 0 Å². The largest absolute Gasteiger partial charge is 2.00 e. The topological polar surface area (TPSA) is 121 Å². The zero-order chi connectivity index (χ0) is 10.3. The first-order valence-electron chi connectivity index (χ1n) is 3.06. The number of carbonyl (C=O) groups excluding carboxylic acids is 2. The molecule has 0 rings (SSSR count). The molecule has 0 heterocycles. The van der Waals surface area contributed by atoms with Crippen LogP contribution in [0.1, 0.15) is 13.8 Å². The van der Waals surface area contributed by atoms with Gasteiger partial charge in [-0.3, -0.25) is 0 Å². The second-order valence-electron chi connectivity index (χ2n) is 1.99. The van der Waals surface area contributed by atoms with E-state index in [-0.39, 0.29) is 16.8 Å². The number of aliphatic hydroxyl groups excluding tert-OH is 2. The standard InChI is InChI=1S/2C3H6O3.Co/c2*1-2(4)3(5)6;/h2*2,4H,1H3,(H,5,6);/q;;+2/p-2/t2*2-;/m11./s1. The molecule has 0 bridgehead atoms. The van der Waals surface area contributed by atoms with Gasteiger partial charge in [0.25, 0.3) is 0 Å². The Morgan fingerprint density at radius 1 is 1.00 bits per heavy atom. The Balaban J connectivity index is -0.000000143. The van der Waals surface area contributed by atoms with Gasteiger partial charge in [-0.15, -0.1) is 0 Å². The third-order valence-corrected chi connectivity index (χ3v) is 0.682. The van der Waals surface area contributed by atoms with Crippen molar-refractivity contribution in [1.82, 2.24) is 0 Å². The van der Waals surface area contributed by atoms with Crippen molar-refractivity contribution in [2.45, 2.75) is 26.1 Å². The third-order valence-electron chi connectivity index (χ3n) is 0.682. The molecule has 2 atom stereocenters. The van der Waals surface area contributed by atoms with Gasteiger partial charge in [-0.2, -0.15) is 0 Å². The molecule has 0 saturated heterocycles. The van der Waals surface area contributed by atoms with E-state index >= 15 is 0 Å². The molecular weight excluding hydrogens is 227 g/mol. The summed E-state index contributed by atoms with van der Waals surface area (Å²) < 4.78 is 0. The van der Waals surface area contributed by atoms with Crippen LogP contribution < -0.4 is 10.2 Å². The molecule has 0 fully saturated rings. The number of carbonyl (C=O) groups is 2. The van der Waals surface area contributed by atoms with E-state index in [1.54, 1.807) is 0 Å². The van der Waals surface area contributed by atoms with Gasteiger partial charge in [-0.1, -0.05) is 0 Å². The van der Waals surface area contributed by atoms with Gasteiger partial charge >= 0.3 is 16.8 Å². The van der Waals surface area contributed by atoms with Gasteiger partial charge in [0.15, 0.2) is 0 Å². The molecule has 0 aliphatic heterocycles. The molecule has 1 radical (unpaired) electrons. The zero-order valence-corrected chi connectivity index (χ0v) is 8.06. The second-order valence-corrected chi connectivity index (χ2v) is 1.99. The van der Waals surface area contributed by atoms with Gasteiger partial charge in [0.05, 0.1) is 24.1 Å². The number of rotatable bonds is 2. The van der Waals surface area contributed by atoms with Gasteiger partial charge in [0.2, 0.25) is 0 Å². The molecular formula is C6H10CoO6. The summed E-state index contributed by atoms with van der Waals surface area (Å²) in [5.41, 5.74) is 0. The number of carboxylic acid groups (broad SMARTS) is 2. The molecule has 0 amide bonds. The fraction of sp³-hybridized carbons (Fsp3) is 0.667. The number of aliphatic hydroxyl groups is 2. The molecule has 79 valence electrons. The predicted octanol–water partition coefficient (Wildman–Crippen LogP) is -3.77. The summed E-state index contributed by atoms with van der Waals surface area (Å²) >= 11 is 0. The summed E-state index contributed by atoms with van der Waals surface area (Å²) in [7, 11) is 0. The van der Waals surface area contributed by atoms with Gasteiger partial charge < -0.3 is 30.0 Å². The van der Waals surface area contributed by atoms with Gasteiger partial charge in [0.1, 0.15) is 0 Å². The first kappa shape index (κ1) is 18.2. The molecule has 6 nitrogen and oxygen atoms in total. The van der Waals surface area contributed by atoms with E-state index in [1.807, 2.05) is 0 Å². The average Bonchev–Trinajstić information content (AvgIpc) is 1.88. The maximum atomic E-state index is 9.34. The van der Waals surface area contributed by atoms with Crippen molar-refractivity contribution in [1.29, 1.82) is 0 Å². The zero-order valence-electron chi connectivity index (χ0n) is 7.02. The summed E-state index contributed by atoms with van der Waals surface area (Å²) in [6, 6.07) is 0. The van der Waals surface area contributed by atoms with Crippen molar-refractivity contribution in [2.75, 3.05) is 0 Å². The van der Waals surface area contributed by atoms with E-state index in [4.69, 9.17) is 10.2 Å². The van der Waals surface area contributed by atoms with Crippen molar-refractivity contribution < 1.29 is 46.8 Å². The van der Waals surface area contributed by atoms with E-state index in [0.29, 0.717) is 0 Å². The van der Waals surface area contributed by atoms with Crippen molar-refractivity contribution in [3.05, 3.63) is 0 Å². The van der Waals surface area contributed by atoms with Crippen molar-refractivity contribution >= 4 is 11.9 Å². The maximum Gasteiger partial charge on any atom is 2.00 e. The number of hydrogen-bond donors (Lipinski definition) is 2.